The minimum Gasteiger partial charge on any atom is -0.469 e. The number of esters is 1. The van der Waals surface area contributed by atoms with Crippen LogP contribution in [-0.2, 0) is 16.1 Å². The van der Waals surface area contributed by atoms with E-state index in [1.807, 2.05) is 38.2 Å². The predicted octanol–water partition coefficient (Wildman–Crippen LogP) is 2.58. The first-order chi connectivity index (χ1) is 8.02. The summed E-state index contributed by atoms with van der Waals surface area (Å²) in [6.45, 7) is 3.33. The van der Waals surface area contributed by atoms with Crippen LogP contribution in [0.2, 0.25) is 5.02 Å². The first-order valence-corrected chi connectivity index (χ1v) is 5.91. The molecule has 1 atom stereocenters. The molecule has 0 heterocycles. The van der Waals surface area contributed by atoms with Crippen molar-refractivity contribution < 1.29 is 9.53 Å². The molecule has 1 aromatic rings. The lowest BCUT2D eigenvalue weighted by Gasteiger charge is -2.19. The number of benzene rings is 1. The Morgan fingerprint density at radius 1 is 1.41 bits per heavy atom. The third-order valence-corrected chi connectivity index (χ3v) is 2.81. The van der Waals surface area contributed by atoms with Crippen LogP contribution in [0.4, 0.5) is 0 Å². The van der Waals surface area contributed by atoms with E-state index in [1.165, 1.54) is 12.7 Å². The molecule has 17 heavy (non-hydrogen) atoms. The Hall–Kier alpha value is -1.06. The third kappa shape index (κ3) is 4.75. The van der Waals surface area contributed by atoms with Crippen LogP contribution in [0.1, 0.15) is 12.5 Å². The van der Waals surface area contributed by atoms with Crippen LogP contribution in [-0.4, -0.2) is 31.6 Å². The fourth-order valence-corrected chi connectivity index (χ4v) is 1.84. The zero-order chi connectivity index (χ0) is 12.8. The van der Waals surface area contributed by atoms with Gasteiger partial charge in [-0.1, -0.05) is 30.7 Å². The van der Waals surface area contributed by atoms with E-state index in [0.717, 1.165) is 11.6 Å². The van der Waals surface area contributed by atoms with Gasteiger partial charge in [0.2, 0.25) is 0 Å². The zero-order valence-electron chi connectivity index (χ0n) is 10.4. The monoisotopic (exact) mass is 255 g/mol. The van der Waals surface area contributed by atoms with Gasteiger partial charge >= 0.3 is 5.97 Å². The van der Waals surface area contributed by atoms with E-state index in [4.69, 9.17) is 16.3 Å². The van der Waals surface area contributed by atoms with E-state index in [-0.39, 0.29) is 11.9 Å². The maximum Gasteiger partial charge on any atom is 0.309 e. The summed E-state index contributed by atoms with van der Waals surface area (Å²) in [5.41, 5.74) is 1.17. The summed E-state index contributed by atoms with van der Waals surface area (Å²) in [4.78, 5) is 13.4. The summed E-state index contributed by atoms with van der Waals surface area (Å²) < 4.78 is 4.70. The average Bonchev–Trinajstić information content (AvgIpc) is 2.30. The van der Waals surface area contributed by atoms with Gasteiger partial charge in [0.25, 0.3) is 0 Å². The van der Waals surface area contributed by atoms with Gasteiger partial charge in [0.15, 0.2) is 0 Å². The van der Waals surface area contributed by atoms with E-state index in [9.17, 15) is 4.79 Å². The molecule has 0 aliphatic heterocycles. The van der Waals surface area contributed by atoms with Crippen molar-refractivity contribution in [2.75, 3.05) is 20.7 Å². The van der Waals surface area contributed by atoms with Gasteiger partial charge < -0.3 is 9.64 Å². The Morgan fingerprint density at radius 3 is 2.53 bits per heavy atom. The molecule has 0 N–H and O–H groups in total. The van der Waals surface area contributed by atoms with Crippen molar-refractivity contribution in [2.24, 2.45) is 5.92 Å². The molecule has 0 amide bonds. The Kier molecular flexibility index (Phi) is 5.45. The summed E-state index contributed by atoms with van der Waals surface area (Å²) in [6, 6.07) is 7.71. The van der Waals surface area contributed by atoms with Gasteiger partial charge in [-0.3, -0.25) is 4.79 Å². The summed E-state index contributed by atoms with van der Waals surface area (Å²) in [5.74, 6) is -0.287. The minimum absolute atomic E-state index is 0.114. The average molecular weight is 256 g/mol. The molecule has 0 saturated carbocycles. The van der Waals surface area contributed by atoms with Crippen LogP contribution in [0.25, 0.3) is 0 Å². The van der Waals surface area contributed by atoms with Crippen LogP contribution >= 0.6 is 11.6 Å². The number of halogens is 1. The Morgan fingerprint density at radius 2 is 2.00 bits per heavy atom. The second kappa shape index (κ2) is 6.62. The van der Waals surface area contributed by atoms with E-state index in [2.05, 4.69) is 4.90 Å². The second-order valence-corrected chi connectivity index (χ2v) is 4.68. The first kappa shape index (κ1) is 14.0. The first-order valence-electron chi connectivity index (χ1n) is 5.53. The topological polar surface area (TPSA) is 29.5 Å². The molecule has 3 nitrogen and oxygen atoms in total. The third-order valence-electron chi connectivity index (χ3n) is 2.55. The van der Waals surface area contributed by atoms with Gasteiger partial charge in [-0.2, -0.15) is 0 Å². The molecule has 4 heteroatoms. The molecule has 0 aromatic heterocycles. The lowest BCUT2D eigenvalue weighted by Crippen LogP contribution is -2.29. The molecule has 0 aliphatic rings. The summed E-state index contributed by atoms with van der Waals surface area (Å²) in [7, 11) is 3.39. The van der Waals surface area contributed by atoms with Crippen LogP contribution in [0.5, 0.6) is 0 Å². The van der Waals surface area contributed by atoms with Gasteiger partial charge in [-0.25, -0.2) is 0 Å². The molecule has 1 unspecified atom stereocenters. The van der Waals surface area contributed by atoms with Crippen molar-refractivity contribution in [3.63, 3.8) is 0 Å². The molecular formula is C13H18ClNO2. The van der Waals surface area contributed by atoms with Crippen molar-refractivity contribution in [3.8, 4) is 0 Å². The van der Waals surface area contributed by atoms with Gasteiger partial charge in [0.1, 0.15) is 0 Å². The molecule has 0 spiro atoms. The number of rotatable bonds is 5. The van der Waals surface area contributed by atoms with Crippen molar-refractivity contribution in [3.05, 3.63) is 34.9 Å². The second-order valence-electron chi connectivity index (χ2n) is 4.25. The number of carbonyl (C=O) groups is 1. The Balaban J connectivity index is 2.46. The SMILES string of the molecule is COC(=O)C(C)CN(C)Cc1ccc(Cl)cc1. The van der Waals surface area contributed by atoms with Crippen molar-refractivity contribution in [1.82, 2.24) is 4.90 Å². The Labute approximate surface area is 107 Å². The largest absolute Gasteiger partial charge is 0.469 e. The molecule has 0 radical (unpaired) electrons. The van der Waals surface area contributed by atoms with Crippen LogP contribution in [0.3, 0.4) is 0 Å². The fraction of sp³-hybridized carbons (Fsp3) is 0.462. The normalized spacial score (nSPS) is 12.5. The van der Waals surface area contributed by atoms with E-state index in [0.29, 0.717) is 6.54 Å². The lowest BCUT2D eigenvalue weighted by atomic mass is 10.1. The van der Waals surface area contributed by atoms with Gasteiger partial charge in [0.05, 0.1) is 13.0 Å². The highest BCUT2D eigenvalue weighted by Crippen LogP contribution is 2.11. The molecule has 0 bridgehead atoms. The van der Waals surface area contributed by atoms with Crippen LogP contribution < -0.4 is 0 Å². The van der Waals surface area contributed by atoms with Crippen LogP contribution in [0, 0.1) is 5.92 Å². The maximum atomic E-state index is 11.3. The molecular weight excluding hydrogens is 238 g/mol. The van der Waals surface area contributed by atoms with Crippen molar-refractivity contribution in [1.29, 1.82) is 0 Å². The molecule has 1 rings (SSSR count). The quantitative estimate of drug-likeness (QED) is 0.758. The van der Waals surface area contributed by atoms with E-state index < -0.39 is 0 Å². The van der Waals surface area contributed by atoms with E-state index in [1.54, 1.807) is 0 Å². The number of hydrogen-bond acceptors (Lipinski definition) is 3. The summed E-state index contributed by atoms with van der Waals surface area (Å²) in [5, 5.41) is 0.735. The standard InChI is InChI=1S/C13H18ClNO2/c1-10(13(16)17-3)8-15(2)9-11-4-6-12(14)7-5-11/h4-7,10H,8-9H2,1-3H3. The van der Waals surface area contributed by atoms with Gasteiger partial charge in [-0.05, 0) is 24.7 Å². The highest BCUT2D eigenvalue weighted by atomic mass is 35.5. The number of methoxy groups -OCH3 is 1. The number of nitrogens with zero attached hydrogens (tertiary/aromatic N) is 1. The molecule has 0 saturated heterocycles. The number of ether oxygens (including phenoxy) is 1. The summed E-state index contributed by atoms with van der Waals surface area (Å²) >= 11 is 5.82. The smallest absolute Gasteiger partial charge is 0.309 e. The highest BCUT2D eigenvalue weighted by molar-refractivity contribution is 6.30. The number of hydrogen-bond donors (Lipinski definition) is 0. The molecule has 0 aliphatic carbocycles. The number of carbonyl (C=O) groups excluding carboxylic acids is 1. The zero-order valence-corrected chi connectivity index (χ0v) is 11.2. The lowest BCUT2D eigenvalue weighted by molar-refractivity contribution is -0.145. The minimum atomic E-state index is -0.173. The Bertz CT molecular complexity index is 364. The van der Waals surface area contributed by atoms with Gasteiger partial charge in [-0.15, -0.1) is 0 Å². The molecule has 0 fully saturated rings. The van der Waals surface area contributed by atoms with Crippen molar-refractivity contribution in [2.45, 2.75) is 13.5 Å². The highest BCUT2D eigenvalue weighted by Gasteiger charge is 2.15. The van der Waals surface area contributed by atoms with Crippen LogP contribution in [0.15, 0.2) is 24.3 Å². The summed E-state index contributed by atoms with van der Waals surface area (Å²) in [6.07, 6.45) is 0. The van der Waals surface area contributed by atoms with Crippen molar-refractivity contribution >= 4 is 17.6 Å². The molecule has 94 valence electrons. The van der Waals surface area contributed by atoms with E-state index >= 15 is 0 Å². The van der Waals surface area contributed by atoms with Gasteiger partial charge in [0, 0.05) is 18.1 Å². The maximum absolute atomic E-state index is 11.3. The predicted molar refractivity (Wildman–Crippen MR) is 69.0 cm³/mol. The molecule has 1 aromatic carbocycles. The fourth-order valence-electron chi connectivity index (χ4n) is 1.71.